The van der Waals surface area contributed by atoms with Gasteiger partial charge in [-0.05, 0) is 50.0 Å². The second-order valence-corrected chi connectivity index (χ2v) is 7.90. The van der Waals surface area contributed by atoms with Gasteiger partial charge < -0.3 is 9.88 Å². The molecule has 3 rings (SSSR count). The third kappa shape index (κ3) is 5.30. The summed E-state index contributed by atoms with van der Waals surface area (Å²) in [7, 11) is 0. The van der Waals surface area contributed by atoms with Crippen LogP contribution in [0.2, 0.25) is 5.02 Å². The highest BCUT2D eigenvalue weighted by molar-refractivity contribution is 6.31. The molecule has 0 unspecified atom stereocenters. The first-order chi connectivity index (χ1) is 12.9. The number of carbonyl (C=O) groups excluding carboxylic acids is 1. The lowest BCUT2D eigenvalue weighted by molar-refractivity contribution is -0.117. The second-order valence-electron chi connectivity index (χ2n) is 7.49. The van der Waals surface area contributed by atoms with Crippen LogP contribution in [0.25, 0.3) is 0 Å². The molecular formula is C20H26ClFN4O. The quantitative estimate of drug-likeness (QED) is 0.803. The van der Waals surface area contributed by atoms with Gasteiger partial charge in [0.2, 0.25) is 5.91 Å². The highest BCUT2D eigenvalue weighted by Crippen LogP contribution is 2.22. The van der Waals surface area contributed by atoms with Gasteiger partial charge in [0.15, 0.2) is 0 Å². The van der Waals surface area contributed by atoms with Crippen LogP contribution >= 0.6 is 11.6 Å². The Morgan fingerprint density at radius 3 is 2.78 bits per heavy atom. The Balaban J connectivity index is 1.45. The van der Waals surface area contributed by atoms with Crippen LogP contribution < -0.4 is 5.32 Å². The number of nitrogens with one attached hydrogen (secondary N) is 1. The van der Waals surface area contributed by atoms with Gasteiger partial charge in [-0.2, -0.15) is 0 Å². The third-order valence-corrected chi connectivity index (χ3v) is 5.29. The summed E-state index contributed by atoms with van der Waals surface area (Å²) < 4.78 is 15.5. The molecule has 1 aliphatic heterocycles. The maximum atomic E-state index is 13.2. The highest BCUT2D eigenvalue weighted by Gasteiger charge is 2.22. The molecule has 2 heterocycles. The molecule has 1 N–H and O–H groups in total. The largest absolute Gasteiger partial charge is 0.334 e. The number of amides is 1. The van der Waals surface area contributed by atoms with Gasteiger partial charge in [-0.15, -0.1) is 0 Å². The number of imidazole rings is 1. The Morgan fingerprint density at radius 2 is 2.11 bits per heavy atom. The SMILES string of the molecule is CC(C)c1nccn1CC1CCN(CC(=O)Nc2ccc(F)c(Cl)c2)CC1. The minimum atomic E-state index is -0.491. The maximum Gasteiger partial charge on any atom is 0.238 e. The number of rotatable bonds is 6. The fourth-order valence-electron chi connectivity index (χ4n) is 3.56. The van der Waals surface area contributed by atoms with Crippen LogP contribution in [-0.2, 0) is 11.3 Å². The topological polar surface area (TPSA) is 50.2 Å². The smallest absolute Gasteiger partial charge is 0.238 e. The number of aromatic nitrogens is 2. The number of piperidine rings is 1. The van der Waals surface area contributed by atoms with E-state index in [0.29, 0.717) is 24.1 Å². The number of anilines is 1. The third-order valence-electron chi connectivity index (χ3n) is 5.00. The van der Waals surface area contributed by atoms with E-state index in [1.807, 2.05) is 6.20 Å². The van der Waals surface area contributed by atoms with Crippen molar-refractivity contribution in [2.24, 2.45) is 5.92 Å². The molecule has 0 bridgehead atoms. The Morgan fingerprint density at radius 1 is 1.37 bits per heavy atom. The average molecular weight is 393 g/mol. The number of carbonyl (C=O) groups is 1. The van der Waals surface area contributed by atoms with Gasteiger partial charge in [-0.25, -0.2) is 9.37 Å². The van der Waals surface area contributed by atoms with Crippen LogP contribution in [0, 0.1) is 11.7 Å². The zero-order chi connectivity index (χ0) is 19.4. The van der Waals surface area contributed by atoms with Crippen molar-refractivity contribution in [3.05, 3.63) is 47.3 Å². The molecule has 27 heavy (non-hydrogen) atoms. The predicted molar refractivity (Wildman–Crippen MR) is 106 cm³/mol. The van der Waals surface area contributed by atoms with Crippen molar-refractivity contribution in [2.75, 3.05) is 25.0 Å². The van der Waals surface area contributed by atoms with Gasteiger partial charge in [-0.1, -0.05) is 25.4 Å². The van der Waals surface area contributed by atoms with E-state index in [1.54, 1.807) is 0 Å². The normalized spacial score (nSPS) is 16.0. The standard InChI is InChI=1S/C20H26ClFN4O/c1-14(2)20-23-7-10-26(20)12-15-5-8-25(9-6-15)13-19(27)24-16-3-4-18(22)17(21)11-16/h3-4,7,10-11,14-15H,5-6,8-9,12-13H2,1-2H3,(H,24,27). The summed E-state index contributed by atoms with van der Waals surface area (Å²) in [6, 6.07) is 4.20. The molecule has 1 aliphatic rings. The molecule has 0 aliphatic carbocycles. The Kier molecular flexibility index (Phi) is 6.50. The van der Waals surface area contributed by atoms with Crippen LogP contribution in [0.15, 0.2) is 30.6 Å². The zero-order valence-corrected chi connectivity index (χ0v) is 16.5. The molecule has 0 radical (unpaired) electrons. The van der Waals surface area contributed by atoms with Crippen LogP contribution in [0.4, 0.5) is 10.1 Å². The summed E-state index contributed by atoms with van der Waals surface area (Å²) >= 11 is 5.75. The van der Waals surface area contributed by atoms with Gasteiger partial charge in [0.05, 0.1) is 11.6 Å². The fourth-order valence-corrected chi connectivity index (χ4v) is 3.74. The van der Waals surface area contributed by atoms with E-state index >= 15 is 0 Å². The summed E-state index contributed by atoms with van der Waals surface area (Å²) in [5.74, 6) is 1.56. The van der Waals surface area contributed by atoms with E-state index in [0.717, 1.165) is 38.3 Å². The first-order valence-corrected chi connectivity index (χ1v) is 9.78. The van der Waals surface area contributed by atoms with E-state index in [4.69, 9.17) is 11.6 Å². The van der Waals surface area contributed by atoms with Crippen molar-refractivity contribution in [2.45, 2.75) is 39.2 Å². The fraction of sp³-hybridized carbons (Fsp3) is 0.500. The number of hydrogen-bond donors (Lipinski definition) is 1. The molecule has 7 heteroatoms. The summed E-state index contributed by atoms with van der Waals surface area (Å²) in [4.78, 5) is 18.8. The van der Waals surface area contributed by atoms with Crippen molar-refractivity contribution in [3.8, 4) is 0 Å². The average Bonchev–Trinajstić information content (AvgIpc) is 3.08. The van der Waals surface area contributed by atoms with E-state index in [-0.39, 0.29) is 10.9 Å². The number of halogens is 2. The lowest BCUT2D eigenvalue weighted by Crippen LogP contribution is -2.40. The first kappa shape index (κ1) is 19.8. The molecule has 146 valence electrons. The molecular weight excluding hydrogens is 367 g/mol. The summed E-state index contributed by atoms with van der Waals surface area (Å²) in [6.07, 6.45) is 6.05. The molecule has 1 aromatic heterocycles. The minimum absolute atomic E-state index is 0.00822. The molecule has 2 aromatic rings. The van der Waals surface area contributed by atoms with E-state index in [1.165, 1.54) is 18.2 Å². The lowest BCUT2D eigenvalue weighted by Gasteiger charge is -2.32. The van der Waals surface area contributed by atoms with Crippen molar-refractivity contribution in [1.29, 1.82) is 0 Å². The van der Waals surface area contributed by atoms with Crippen LogP contribution in [0.3, 0.4) is 0 Å². The minimum Gasteiger partial charge on any atom is -0.334 e. The number of nitrogens with zero attached hydrogens (tertiary/aromatic N) is 3. The van der Waals surface area contributed by atoms with Crippen molar-refractivity contribution in [1.82, 2.24) is 14.5 Å². The van der Waals surface area contributed by atoms with Crippen molar-refractivity contribution < 1.29 is 9.18 Å². The van der Waals surface area contributed by atoms with Gasteiger partial charge in [0.1, 0.15) is 11.6 Å². The van der Waals surface area contributed by atoms with Crippen LogP contribution in [0.1, 0.15) is 38.4 Å². The van der Waals surface area contributed by atoms with E-state index in [2.05, 4.69) is 39.8 Å². The maximum absolute atomic E-state index is 13.2. The molecule has 0 atom stereocenters. The zero-order valence-electron chi connectivity index (χ0n) is 15.8. The Bertz CT molecular complexity index is 784. The molecule has 1 fully saturated rings. The number of hydrogen-bond acceptors (Lipinski definition) is 3. The number of likely N-dealkylation sites (tertiary alicyclic amines) is 1. The van der Waals surface area contributed by atoms with Crippen LogP contribution in [-0.4, -0.2) is 40.0 Å². The molecule has 0 saturated carbocycles. The second kappa shape index (κ2) is 8.85. The van der Waals surface area contributed by atoms with Crippen LogP contribution in [0.5, 0.6) is 0 Å². The lowest BCUT2D eigenvalue weighted by atomic mass is 9.96. The molecule has 5 nitrogen and oxygen atoms in total. The Hall–Kier alpha value is -1.92. The number of benzene rings is 1. The van der Waals surface area contributed by atoms with E-state index in [9.17, 15) is 9.18 Å². The van der Waals surface area contributed by atoms with E-state index < -0.39 is 5.82 Å². The molecule has 1 amide bonds. The van der Waals surface area contributed by atoms with Gasteiger partial charge in [-0.3, -0.25) is 9.69 Å². The van der Waals surface area contributed by atoms with Gasteiger partial charge >= 0.3 is 0 Å². The summed E-state index contributed by atoms with van der Waals surface area (Å²) in [5, 5.41) is 2.79. The summed E-state index contributed by atoms with van der Waals surface area (Å²) in [6.45, 7) is 7.44. The first-order valence-electron chi connectivity index (χ1n) is 9.40. The van der Waals surface area contributed by atoms with Crippen molar-refractivity contribution >= 4 is 23.2 Å². The monoisotopic (exact) mass is 392 g/mol. The van der Waals surface area contributed by atoms with Gasteiger partial charge in [0, 0.05) is 30.5 Å². The highest BCUT2D eigenvalue weighted by atomic mass is 35.5. The van der Waals surface area contributed by atoms with Crippen molar-refractivity contribution in [3.63, 3.8) is 0 Å². The predicted octanol–water partition coefficient (Wildman–Crippen LogP) is 4.15. The van der Waals surface area contributed by atoms with Gasteiger partial charge in [0.25, 0.3) is 0 Å². The molecule has 1 aromatic carbocycles. The Labute approximate surface area is 164 Å². The molecule has 0 spiro atoms. The summed E-state index contributed by atoms with van der Waals surface area (Å²) in [5.41, 5.74) is 0.516. The molecule has 1 saturated heterocycles.